The molecule has 19 heavy (non-hydrogen) atoms. The zero-order chi connectivity index (χ0) is 14.4. The summed E-state index contributed by atoms with van der Waals surface area (Å²) in [5.41, 5.74) is 0. The molecule has 1 aliphatic carbocycles. The van der Waals surface area contributed by atoms with Gasteiger partial charge in [-0.1, -0.05) is 13.8 Å². The monoisotopic (exact) mass is 271 g/mol. The lowest BCUT2D eigenvalue weighted by molar-refractivity contribution is -0.147. The van der Waals surface area contributed by atoms with Crippen molar-refractivity contribution < 1.29 is 19.1 Å². The van der Waals surface area contributed by atoms with Crippen LogP contribution in [0.1, 0.15) is 40.0 Å². The van der Waals surface area contributed by atoms with Crippen LogP contribution in [0.3, 0.4) is 0 Å². The summed E-state index contributed by atoms with van der Waals surface area (Å²) in [7, 11) is 1.31. The van der Waals surface area contributed by atoms with Gasteiger partial charge in [-0.05, 0) is 31.1 Å². The Labute approximate surface area is 115 Å². The molecular weight excluding hydrogens is 246 g/mol. The van der Waals surface area contributed by atoms with E-state index in [4.69, 9.17) is 4.74 Å². The van der Waals surface area contributed by atoms with Crippen molar-refractivity contribution >= 4 is 11.9 Å². The molecule has 0 aliphatic heterocycles. The van der Waals surface area contributed by atoms with Gasteiger partial charge in [-0.25, -0.2) is 4.79 Å². The third kappa shape index (κ3) is 5.59. The van der Waals surface area contributed by atoms with E-state index in [1.54, 1.807) is 0 Å². The van der Waals surface area contributed by atoms with Gasteiger partial charge in [0, 0.05) is 6.92 Å². The average Bonchev–Trinajstić information content (AvgIpc) is 2.31. The van der Waals surface area contributed by atoms with E-state index in [2.05, 4.69) is 23.9 Å². The van der Waals surface area contributed by atoms with Crippen LogP contribution in [0.4, 0.5) is 0 Å². The van der Waals surface area contributed by atoms with Crippen molar-refractivity contribution in [2.75, 3.05) is 13.7 Å². The number of rotatable bonds is 5. The number of methoxy groups -OCH3 is 1. The Balaban J connectivity index is 2.46. The lowest BCUT2D eigenvalue weighted by atomic mass is 9.82. The molecule has 3 unspecified atom stereocenters. The van der Waals surface area contributed by atoms with Crippen LogP contribution >= 0.6 is 0 Å². The highest BCUT2D eigenvalue weighted by Gasteiger charge is 2.27. The molecule has 1 fully saturated rings. The first-order chi connectivity index (χ1) is 8.92. The summed E-state index contributed by atoms with van der Waals surface area (Å²) in [6, 6.07) is -0.713. The Morgan fingerprint density at radius 1 is 1.21 bits per heavy atom. The number of hydrogen-bond acceptors (Lipinski definition) is 4. The fourth-order valence-electron chi connectivity index (χ4n) is 2.80. The second kappa shape index (κ2) is 7.48. The van der Waals surface area contributed by atoms with Crippen LogP contribution in [-0.2, 0) is 19.1 Å². The first-order valence-corrected chi connectivity index (χ1v) is 6.88. The normalized spacial score (nSPS) is 28.5. The zero-order valence-electron chi connectivity index (χ0n) is 12.3. The van der Waals surface area contributed by atoms with Gasteiger partial charge in [0.05, 0.1) is 19.8 Å². The lowest BCUT2D eigenvalue weighted by Crippen LogP contribution is -2.45. The highest BCUT2D eigenvalue weighted by atomic mass is 16.5. The summed E-state index contributed by atoms with van der Waals surface area (Å²) >= 11 is 0. The van der Waals surface area contributed by atoms with E-state index in [1.807, 2.05) is 0 Å². The van der Waals surface area contributed by atoms with Crippen LogP contribution < -0.4 is 5.32 Å². The molecule has 5 heteroatoms. The molecule has 1 N–H and O–H groups in total. The van der Waals surface area contributed by atoms with Gasteiger partial charge in [0.1, 0.15) is 0 Å². The van der Waals surface area contributed by atoms with Crippen LogP contribution in [0.5, 0.6) is 0 Å². The molecule has 1 saturated carbocycles. The molecule has 0 spiro atoms. The quantitative estimate of drug-likeness (QED) is 0.770. The molecule has 3 atom stereocenters. The maximum atomic E-state index is 11.5. The van der Waals surface area contributed by atoms with Crippen molar-refractivity contribution in [2.45, 2.75) is 52.2 Å². The van der Waals surface area contributed by atoms with Gasteiger partial charge in [-0.2, -0.15) is 0 Å². The Kier molecular flexibility index (Phi) is 6.28. The summed E-state index contributed by atoms with van der Waals surface area (Å²) < 4.78 is 10.5. The highest BCUT2D eigenvalue weighted by Crippen LogP contribution is 2.30. The standard InChI is InChI=1S/C14H25NO4/c1-9-5-10(2)7-12(6-9)19-8-13(14(17)18-4)15-11(3)16/h9-10,12-13H,5-8H2,1-4H3,(H,15,16). The van der Waals surface area contributed by atoms with Crippen molar-refractivity contribution in [2.24, 2.45) is 11.8 Å². The first-order valence-electron chi connectivity index (χ1n) is 6.88. The van der Waals surface area contributed by atoms with Crippen LogP contribution in [0.25, 0.3) is 0 Å². The van der Waals surface area contributed by atoms with Crippen LogP contribution in [-0.4, -0.2) is 37.7 Å². The largest absolute Gasteiger partial charge is 0.467 e. The molecule has 0 radical (unpaired) electrons. The van der Waals surface area contributed by atoms with Gasteiger partial charge >= 0.3 is 5.97 Å². The lowest BCUT2D eigenvalue weighted by Gasteiger charge is -2.32. The third-order valence-corrected chi connectivity index (χ3v) is 3.50. The highest BCUT2D eigenvalue weighted by molar-refractivity contribution is 5.83. The van der Waals surface area contributed by atoms with Crippen molar-refractivity contribution in [3.05, 3.63) is 0 Å². The molecule has 0 aromatic carbocycles. The molecule has 0 aromatic heterocycles. The molecule has 0 aromatic rings. The van der Waals surface area contributed by atoms with E-state index < -0.39 is 12.0 Å². The van der Waals surface area contributed by atoms with E-state index in [9.17, 15) is 9.59 Å². The summed E-state index contributed by atoms with van der Waals surface area (Å²) in [6.07, 6.45) is 3.42. The predicted octanol–water partition coefficient (Wildman–Crippen LogP) is 1.51. The Bertz CT molecular complexity index is 309. The average molecular weight is 271 g/mol. The number of amides is 1. The maximum Gasteiger partial charge on any atom is 0.330 e. The van der Waals surface area contributed by atoms with E-state index in [0.717, 1.165) is 12.8 Å². The maximum absolute atomic E-state index is 11.5. The van der Waals surface area contributed by atoms with Gasteiger partial charge < -0.3 is 14.8 Å². The Morgan fingerprint density at radius 2 is 1.79 bits per heavy atom. The van der Waals surface area contributed by atoms with Gasteiger partial charge in [-0.15, -0.1) is 0 Å². The van der Waals surface area contributed by atoms with E-state index in [0.29, 0.717) is 11.8 Å². The number of ether oxygens (including phenoxy) is 2. The number of carbonyl (C=O) groups excluding carboxylic acids is 2. The molecule has 0 saturated heterocycles. The zero-order valence-corrected chi connectivity index (χ0v) is 12.3. The van der Waals surface area contributed by atoms with E-state index in [-0.39, 0.29) is 18.6 Å². The van der Waals surface area contributed by atoms with Crippen LogP contribution in [0.2, 0.25) is 0 Å². The molecular formula is C14H25NO4. The molecule has 0 heterocycles. The number of esters is 1. The molecule has 1 amide bonds. The summed E-state index contributed by atoms with van der Waals surface area (Å²) in [4.78, 5) is 22.6. The second-order valence-corrected chi connectivity index (χ2v) is 5.65. The summed E-state index contributed by atoms with van der Waals surface area (Å²) in [5, 5.41) is 2.55. The van der Waals surface area contributed by atoms with E-state index >= 15 is 0 Å². The van der Waals surface area contributed by atoms with Crippen molar-refractivity contribution in [1.29, 1.82) is 0 Å². The van der Waals surface area contributed by atoms with Crippen molar-refractivity contribution in [3.8, 4) is 0 Å². The number of carbonyl (C=O) groups is 2. The molecule has 1 rings (SSSR count). The molecule has 1 aliphatic rings. The fraction of sp³-hybridized carbons (Fsp3) is 0.857. The fourth-order valence-corrected chi connectivity index (χ4v) is 2.80. The first kappa shape index (κ1) is 16.0. The predicted molar refractivity (Wildman–Crippen MR) is 71.5 cm³/mol. The second-order valence-electron chi connectivity index (χ2n) is 5.65. The summed E-state index contributed by atoms with van der Waals surface area (Å²) in [5.74, 6) is 0.564. The molecule has 5 nitrogen and oxygen atoms in total. The van der Waals surface area contributed by atoms with Gasteiger partial charge in [0.2, 0.25) is 5.91 Å². The smallest absolute Gasteiger partial charge is 0.330 e. The Hall–Kier alpha value is -1.10. The topological polar surface area (TPSA) is 64.6 Å². The SMILES string of the molecule is COC(=O)C(COC1CC(C)CC(C)C1)NC(C)=O. The minimum absolute atomic E-state index is 0.166. The van der Waals surface area contributed by atoms with Gasteiger partial charge in [-0.3, -0.25) is 4.79 Å². The molecule has 110 valence electrons. The summed E-state index contributed by atoms with van der Waals surface area (Å²) in [6.45, 7) is 5.99. The van der Waals surface area contributed by atoms with Crippen LogP contribution in [0.15, 0.2) is 0 Å². The minimum atomic E-state index is -0.713. The number of hydrogen-bond donors (Lipinski definition) is 1. The van der Waals surface area contributed by atoms with Gasteiger partial charge in [0.15, 0.2) is 6.04 Å². The minimum Gasteiger partial charge on any atom is -0.467 e. The molecule has 0 bridgehead atoms. The van der Waals surface area contributed by atoms with Crippen molar-refractivity contribution in [1.82, 2.24) is 5.32 Å². The van der Waals surface area contributed by atoms with Gasteiger partial charge in [0.25, 0.3) is 0 Å². The van der Waals surface area contributed by atoms with Crippen LogP contribution in [0, 0.1) is 11.8 Å². The number of nitrogens with one attached hydrogen (secondary N) is 1. The third-order valence-electron chi connectivity index (χ3n) is 3.50. The Morgan fingerprint density at radius 3 is 2.26 bits per heavy atom. The van der Waals surface area contributed by atoms with E-state index in [1.165, 1.54) is 20.5 Å². The van der Waals surface area contributed by atoms with Crippen molar-refractivity contribution in [3.63, 3.8) is 0 Å².